The fourth-order valence-corrected chi connectivity index (χ4v) is 1.66. The molecule has 7 heteroatoms. The molecule has 2 aromatic rings. The molecule has 0 amide bonds. The highest BCUT2D eigenvalue weighted by Crippen LogP contribution is 2.29. The van der Waals surface area contributed by atoms with Crippen molar-refractivity contribution in [2.75, 3.05) is 0 Å². The number of hydrogen-bond acceptors (Lipinski definition) is 4. The van der Waals surface area contributed by atoms with Crippen LogP contribution in [0.15, 0.2) is 30.7 Å². The van der Waals surface area contributed by atoms with Gasteiger partial charge in [-0.25, -0.2) is 9.97 Å². The van der Waals surface area contributed by atoms with E-state index >= 15 is 0 Å². The topological polar surface area (TPSA) is 50.7 Å². The van der Waals surface area contributed by atoms with Crippen molar-refractivity contribution in [2.45, 2.75) is 26.2 Å². The van der Waals surface area contributed by atoms with Crippen LogP contribution < -0.4 is 5.32 Å². The Morgan fingerprint density at radius 3 is 2.40 bits per heavy atom. The average molecular weight is 282 g/mol. The lowest BCUT2D eigenvalue weighted by Crippen LogP contribution is -2.17. The van der Waals surface area contributed by atoms with E-state index in [-0.39, 0.29) is 0 Å². The van der Waals surface area contributed by atoms with Crippen molar-refractivity contribution in [3.63, 3.8) is 0 Å². The van der Waals surface area contributed by atoms with Crippen LogP contribution >= 0.6 is 0 Å². The van der Waals surface area contributed by atoms with E-state index in [1.165, 1.54) is 0 Å². The third-order valence-electron chi connectivity index (χ3n) is 2.71. The molecule has 0 saturated heterocycles. The minimum Gasteiger partial charge on any atom is -0.304 e. The molecule has 0 radical (unpaired) electrons. The predicted molar refractivity (Wildman–Crippen MR) is 66.6 cm³/mol. The summed E-state index contributed by atoms with van der Waals surface area (Å²) in [6.45, 7) is 2.41. The lowest BCUT2D eigenvalue weighted by atomic mass is 10.1. The number of aryl methyl sites for hydroxylation is 1. The van der Waals surface area contributed by atoms with Gasteiger partial charge in [0.05, 0.1) is 17.8 Å². The van der Waals surface area contributed by atoms with Gasteiger partial charge in [-0.05, 0) is 24.6 Å². The Bertz CT molecular complexity index is 570. The van der Waals surface area contributed by atoms with Crippen molar-refractivity contribution in [3.8, 4) is 0 Å². The number of halogens is 3. The maximum Gasteiger partial charge on any atom is 0.417 e. The first kappa shape index (κ1) is 14.4. The van der Waals surface area contributed by atoms with Gasteiger partial charge < -0.3 is 5.32 Å². The maximum atomic E-state index is 12.5. The van der Waals surface area contributed by atoms with E-state index < -0.39 is 11.7 Å². The lowest BCUT2D eigenvalue weighted by molar-refractivity contribution is -0.137. The van der Waals surface area contributed by atoms with E-state index in [0.29, 0.717) is 30.2 Å². The van der Waals surface area contributed by atoms with Gasteiger partial charge in [-0.1, -0.05) is 0 Å². The number of aromatic nitrogens is 3. The molecule has 0 aromatic carbocycles. The van der Waals surface area contributed by atoms with Gasteiger partial charge in [-0.15, -0.1) is 0 Å². The Balaban J connectivity index is 1.97. The molecule has 1 N–H and O–H groups in total. The predicted octanol–water partition coefficient (Wildman–Crippen LogP) is 2.49. The fraction of sp³-hybridized carbons (Fsp3) is 0.308. The summed E-state index contributed by atoms with van der Waals surface area (Å²) in [6.07, 6.45) is -0.248. The number of rotatable bonds is 4. The first-order chi connectivity index (χ1) is 9.47. The third-order valence-corrected chi connectivity index (χ3v) is 2.71. The summed E-state index contributed by atoms with van der Waals surface area (Å²) in [5.74, 6) is 0.622. The van der Waals surface area contributed by atoms with Crippen molar-refractivity contribution in [2.24, 2.45) is 0 Å². The van der Waals surface area contributed by atoms with Crippen LogP contribution in [0, 0.1) is 6.92 Å². The molecule has 0 aliphatic carbocycles. The molecule has 106 valence electrons. The Labute approximate surface area is 114 Å². The molecule has 2 heterocycles. The summed E-state index contributed by atoms with van der Waals surface area (Å²) in [5.41, 5.74) is 0.348. The van der Waals surface area contributed by atoms with Crippen LogP contribution in [-0.4, -0.2) is 15.0 Å². The normalized spacial score (nSPS) is 11.6. The van der Waals surface area contributed by atoms with E-state index in [1.54, 1.807) is 25.4 Å². The third kappa shape index (κ3) is 3.74. The molecule has 0 spiro atoms. The minimum atomic E-state index is -4.36. The second-order valence-electron chi connectivity index (χ2n) is 4.25. The average Bonchev–Trinajstić information content (AvgIpc) is 2.40. The molecule has 0 aliphatic heterocycles. The molecule has 0 unspecified atom stereocenters. The van der Waals surface area contributed by atoms with Crippen molar-refractivity contribution in [3.05, 3.63) is 53.4 Å². The summed E-state index contributed by atoms with van der Waals surface area (Å²) in [5, 5.41) is 3.05. The highest BCUT2D eigenvalue weighted by atomic mass is 19.4. The number of nitrogens with one attached hydrogen (secondary N) is 1. The molecule has 0 aliphatic rings. The zero-order valence-electron chi connectivity index (χ0n) is 10.8. The minimum absolute atomic E-state index is 0.363. The number of alkyl halides is 3. The van der Waals surface area contributed by atoms with Crippen LogP contribution in [0.25, 0.3) is 0 Å². The van der Waals surface area contributed by atoms with Crippen LogP contribution in [-0.2, 0) is 19.3 Å². The van der Waals surface area contributed by atoms with Gasteiger partial charge in [-0.3, -0.25) is 4.98 Å². The molecule has 2 rings (SSSR count). The van der Waals surface area contributed by atoms with Crippen LogP contribution in [0.3, 0.4) is 0 Å². The Hall–Kier alpha value is -2.02. The van der Waals surface area contributed by atoms with Gasteiger partial charge in [0.15, 0.2) is 0 Å². The molecular weight excluding hydrogens is 269 g/mol. The summed E-state index contributed by atoms with van der Waals surface area (Å²) in [6, 6.07) is 2.81. The summed E-state index contributed by atoms with van der Waals surface area (Å²) >= 11 is 0. The summed E-state index contributed by atoms with van der Waals surface area (Å²) in [4.78, 5) is 11.9. The summed E-state index contributed by atoms with van der Waals surface area (Å²) < 4.78 is 37.5. The Morgan fingerprint density at radius 1 is 1.10 bits per heavy atom. The standard InChI is InChI=1S/C13H13F3N4/c1-9-5-10(13(14,15)16)6-20-11(9)7-17-8-12-18-3-2-4-19-12/h2-6,17H,7-8H2,1H3. The molecular formula is C13H13F3N4. The quantitative estimate of drug-likeness (QED) is 0.936. The van der Waals surface area contributed by atoms with Gasteiger partial charge in [-0.2, -0.15) is 13.2 Å². The molecule has 0 bridgehead atoms. The second-order valence-corrected chi connectivity index (χ2v) is 4.25. The lowest BCUT2D eigenvalue weighted by Gasteiger charge is -2.10. The van der Waals surface area contributed by atoms with E-state index in [0.717, 1.165) is 12.3 Å². The van der Waals surface area contributed by atoms with E-state index in [9.17, 15) is 13.2 Å². The molecule has 0 atom stereocenters. The molecule has 2 aromatic heterocycles. The highest BCUT2D eigenvalue weighted by molar-refractivity contribution is 5.25. The Kier molecular flexibility index (Phi) is 4.29. The SMILES string of the molecule is Cc1cc(C(F)(F)F)cnc1CNCc1ncccn1. The number of nitrogens with zero attached hydrogens (tertiary/aromatic N) is 3. The van der Waals surface area contributed by atoms with Gasteiger partial charge >= 0.3 is 6.18 Å². The van der Waals surface area contributed by atoms with Gasteiger partial charge in [0.1, 0.15) is 5.82 Å². The van der Waals surface area contributed by atoms with Crippen LogP contribution in [0.4, 0.5) is 13.2 Å². The smallest absolute Gasteiger partial charge is 0.304 e. The van der Waals surface area contributed by atoms with Crippen molar-refractivity contribution < 1.29 is 13.2 Å². The first-order valence-corrected chi connectivity index (χ1v) is 5.96. The molecule has 20 heavy (non-hydrogen) atoms. The van der Waals surface area contributed by atoms with E-state index in [2.05, 4.69) is 20.3 Å². The summed E-state index contributed by atoms with van der Waals surface area (Å²) in [7, 11) is 0. The zero-order chi connectivity index (χ0) is 14.6. The van der Waals surface area contributed by atoms with Gasteiger partial charge in [0, 0.05) is 25.1 Å². The zero-order valence-corrected chi connectivity index (χ0v) is 10.8. The van der Waals surface area contributed by atoms with Crippen molar-refractivity contribution in [1.29, 1.82) is 0 Å². The number of hydrogen-bond donors (Lipinski definition) is 1. The largest absolute Gasteiger partial charge is 0.417 e. The highest BCUT2D eigenvalue weighted by Gasteiger charge is 2.31. The van der Waals surface area contributed by atoms with Crippen LogP contribution in [0.1, 0.15) is 22.6 Å². The van der Waals surface area contributed by atoms with Gasteiger partial charge in [0.25, 0.3) is 0 Å². The monoisotopic (exact) mass is 282 g/mol. The maximum absolute atomic E-state index is 12.5. The van der Waals surface area contributed by atoms with Crippen molar-refractivity contribution >= 4 is 0 Å². The van der Waals surface area contributed by atoms with E-state index in [1.807, 2.05) is 0 Å². The molecule has 0 saturated carbocycles. The van der Waals surface area contributed by atoms with Gasteiger partial charge in [0.2, 0.25) is 0 Å². The first-order valence-electron chi connectivity index (χ1n) is 5.96. The van der Waals surface area contributed by atoms with Crippen molar-refractivity contribution in [1.82, 2.24) is 20.3 Å². The Morgan fingerprint density at radius 2 is 1.80 bits per heavy atom. The van der Waals surface area contributed by atoms with Crippen LogP contribution in [0.2, 0.25) is 0 Å². The number of pyridine rings is 1. The second kappa shape index (κ2) is 5.96. The molecule has 4 nitrogen and oxygen atoms in total. The molecule has 0 fully saturated rings. The van der Waals surface area contributed by atoms with E-state index in [4.69, 9.17) is 0 Å². The fourth-order valence-electron chi connectivity index (χ4n) is 1.66. The van der Waals surface area contributed by atoms with Crippen LogP contribution in [0.5, 0.6) is 0 Å².